The molecule has 0 saturated carbocycles. The molecule has 110 valence electrons. The first kappa shape index (κ1) is 18.1. The Labute approximate surface area is 118 Å². The minimum Gasteiger partial charge on any atom is -0.328 e. The van der Waals surface area contributed by atoms with Gasteiger partial charge in [-0.3, -0.25) is 0 Å². The van der Waals surface area contributed by atoms with E-state index in [-0.39, 0.29) is 17.8 Å². The molecule has 0 saturated heterocycles. The molecule has 0 unspecified atom stereocenters. The number of rotatable bonds is 5. The summed E-state index contributed by atoms with van der Waals surface area (Å²) in [5, 5.41) is 0. The largest absolute Gasteiger partial charge is 0.328 e. The molecule has 0 aromatic heterocycles. The molecule has 0 aliphatic rings. The highest BCUT2D eigenvalue weighted by Gasteiger charge is 2.11. The van der Waals surface area contributed by atoms with Crippen LogP contribution in [0, 0.1) is 12.7 Å². The Balaban J connectivity index is 0.00000154. The van der Waals surface area contributed by atoms with Crippen LogP contribution < -0.4 is 5.73 Å². The maximum Gasteiger partial charge on any atom is 0.129 e. The fourth-order valence-corrected chi connectivity index (χ4v) is 2.07. The molecule has 0 radical (unpaired) electrons. The zero-order valence-corrected chi connectivity index (χ0v) is 13.4. The summed E-state index contributed by atoms with van der Waals surface area (Å²) in [6.07, 6.45) is 3.08. The average Bonchev–Trinajstić information content (AvgIpc) is 2.35. The predicted octanol–water partition coefficient (Wildman–Crippen LogP) is 4.95. The van der Waals surface area contributed by atoms with Crippen LogP contribution in [0.4, 0.5) is 4.39 Å². The molecule has 19 heavy (non-hydrogen) atoms. The van der Waals surface area contributed by atoms with Gasteiger partial charge < -0.3 is 5.73 Å². The van der Waals surface area contributed by atoms with Gasteiger partial charge in [-0.2, -0.15) is 0 Å². The SMILES string of the molecule is CC.Cc1cc(CCC[C@H](C)N)cc(C(C)C)c1F. The van der Waals surface area contributed by atoms with Crippen LogP contribution in [-0.2, 0) is 6.42 Å². The van der Waals surface area contributed by atoms with E-state index in [1.807, 2.05) is 53.7 Å². The van der Waals surface area contributed by atoms with Crippen molar-refractivity contribution in [2.24, 2.45) is 5.73 Å². The van der Waals surface area contributed by atoms with Gasteiger partial charge in [-0.25, -0.2) is 4.39 Å². The Morgan fingerprint density at radius 3 is 2.21 bits per heavy atom. The van der Waals surface area contributed by atoms with Crippen molar-refractivity contribution >= 4 is 0 Å². The maximum atomic E-state index is 13.9. The highest BCUT2D eigenvalue weighted by Crippen LogP contribution is 2.23. The van der Waals surface area contributed by atoms with Crippen molar-refractivity contribution in [3.8, 4) is 0 Å². The molecule has 0 spiro atoms. The number of benzene rings is 1. The summed E-state index contributed by atoms with van der Waals surface area (Å²) in [6, 6.07) is 4.22. The van der Waals surface area contributed by atoms with Crippen molar-refractivity contribution in [2.45, 2.75) is 72.8 Å². The summed E-state index contributed by atoms with van der Waals surface area (Å²) >= 11 is 0. The van der Waals surface area contributed by atoms with Crippen molar-refractivity contribution in [3.05, 3.63) is 34.6 Å². The lowest BCUT2D eigenvalue weighted by atomic mass is 9.95. The normalized spacial score (nSPS) is 12.1. The van der Waals surface area contributed by atoms with Crippen LogP contribution in [0.2, 0.25) is 0 Å². The smallest absolute Gasteiger partial charge is 0.129 e. The third-order valence-electron chi connectivity index (χ3n) is 3.09. The van der Waals surface area contributed by atoms with Gasteiger partial charge in [-0.15, -0.1) is 0 Å². The highest BCUT2D eigenvalue weighted by molar-refractivity contribution is 5.33. The van der Waals surface area contributed by atoms with Crippen LogP contribution in [0.25, 0.3) is 0 Å². The van der Waals surface area contributed by atoms with Crippen molar-refractivity contribution in [1.82, 2.24) is 0 Å². The summed E-state index contributed by atoms with van der Waals surface area (Å²) in [5.74, 6) is 0.193. The van der Waals surface area contributed by atoms with Gasteiger partial charge >= 0.3 is 0 Å². The first-order valence-corrected chi connectivity index (χ1v) is 7.46. The number of halogens is 1. The Hall–Kier alpha value is -0.890. The van der Waals surface area contributed by atoms with Gasteiger partial charge in [0.05, 0.1) is 0 Å². The molecule has 1 aromatic rings. The first-order valence-electron chi connectivity index (χ1n) is 7.46. The van der Waals surface area contributed by atoms with Crippen LogP contribution in [0.1, 0.15) is 70.1 Å². The van der Waals surface area contributed by atoms with Gasteiger partial charge in [0.25, 0.3) is 0 Å². The number of nitrogens with two attached hydrogens (primary N) is 1. The molecule has 1 aromatic carbocycles. The molecule has 1 nitrogen and oxygen atoms in total. The minimum absolute atomic E-state index is 0.0454. The lowest BCUT2D eigenvalue weighted by Gasteiger charge is -2.13. The molecule has 2 heteroatoms. The van der Waals surface area contributed by atoms with E-state index in [0.29, 0.717) is 0 Å². The molecule has 2 N–H and O–H groups in total. The summed E-state index contributed by atoms with van der Waals surface area (Å²) in [6.45, 7) is 11.9. The van der Waals surface area contributed by atoms with Gasteiger partial charge in [0.2, 0.25) is 0 Å². The molecule has 1 atom stereocenters. The molecule has 0 aliphatic heterocycles. The van der Waals surface area contributed by atoms with Crippen LogP contribution in [0.5, 0.6) is 0 Å². The lowest BCUT2D eigenvalue weighted by Crippen LogP contribution is -2.14. The van der Waals surface area contributed by atoms with E-state index < -0.39 is 0 Å². The molecule has 0 aliphatic carbocycles. The second kappa shape index (κ2) is 9.08. The minimum atomic E-state index is -0.0454. The molecule has 0 heterocycles. The number of aryl methyl sites for hydroxylation is 2. The van der Waals surface area contributed by atoms with Gasteiger partial charge in [-0.05, 0) is 55.7 Å². The fourth-order valence-electron chi connectivity index (χ4n) is 2.07. The third-order valence-corrected chi connectivity index (χ3v) is 3.09. The van der Waals surface area contributed by atoms with E-state index in [9.17, 15) is 4.39 Å². The molecule has 1 rings (SSSR count). The van der Waals surface area contributed by atoms with Crippen molar-refractivity contribution < 1.29 is 4.39 Å². The summed E-state index contributed by atoms with van der Waals surface area (Å²) in [7, 11) is 0. The zero-order valence-electron chi connectivity index (χ0n) is 13.4. The molecular formula is C17H30FN. The zero-order chi connectivity index (χ0) is 15.0. The lowest BCUT2D eigenvalue weighted by molar-refractivity contribution is 0.585. The van der Waals surface area contributed by atoms with Gasteiger partial charge in [0.15, 0.2) is 0 Å². The van der Waals surface area contributed by atoms with E-state index in [1.165, 1.54) is 5.56 Å². The third kappa shape index (κ3) is 6.20. The Bertz CT molecular complexity index is 370. The molecular weight excluding hydrogens is 237 g/mol. The fraction of sp³-hybridized carbons (Fsp3) is 0.647. The monoisotopic (exact) mass is 267 g/mol. The van der Waals surface area contributed by atoms with Crippen molar-refractivity contribution in [2.75, 3.05) is 0 Å². The Morgan fingerprint density at radius 2 is 1.74 bits per heavy atom. The second-order valence-corrected chi connectivity index (χ2v) is 5.34. The summed E-state index contributed by atoms with van der Waals surface area (Å²) < 4.78 is 13.9. The highest BCUT2D eigenvalue weighted by atomic mass is 19.1. The van der Waals surface area contributed by atoms with E-state index in [1.54, 1.807) is 0 Å². The topological polar surface area (TPSA) is 26.0 Å². The van der Waals surface area contributed by atoms with E-state index in [4.69, 9.17) is 5.73 Å². The standard InChI is InChI=1S/C15H24FN.C2H6/c1-10(2)14-9-13(7-5-6-12(4)17)8-11(3)15(14)16;1-2/h8-10,12H,5-7,17H2,1-4H3;1-2H3/t12-;/m0./s1. The quantitative estimate of drug-likeness (QED) is 0.802. The number of hydrogen-bond donors (Lipinski definition) is 1. The first-order chi connectivity index (χ1) is 8.91. The van der Waals surface area contributed by atoms with Gasteiger partial charge in [-0.1, -0.05) is 39.8 Å². The number of hydrogen-bond acceptors (Lipinski definition) is 1. The van der Waals surface area contributed by atoms with Crippen LogP contribution in [-0.4, -0.2) is 6.04 Å². The van der Waals surface area contributed by atoms with E-state index in [0.717, 1.165) is 30.4 Å². The van der Waals surface area contributed by atoms with Crippen molar-refractivity contribution in [3.63, 3.8) is 0 Å². The Kier molecular flexibility index (Phi) is 8.66. The second-order valence-electron chi connectivity index (χ2n) is 5.34. The van der Waals surface area contributed by atoms with Crippen LogP contribution in [0.15, 0.2) is 12.1 Å². The molecule has 0 amide bonds. The van der Waals surface area contributed by atoms with Crippen LogP contribution in [0.3, 0.4) is 0 Å². The maximum absolute atomic E-state index is 13.9. The van der Waals surface area contributed by atoms with Crippen molar-refractivity contribution in [1.29, 1.82) is 0 Å². The van der Waals surface area contributed by atoms with Gasteiger partial charge in [0, 0.05) is 6.04 Å². The van der Waals surface area contributed by atoms with E-state index >= 15 is 0 Å². The molecule has 0 fully saturated rings. The van der Waals surface area contributed by atoms with Crippen LogP contribution >= 0.6 is 0 Å². The molecule has 0 bridgehead atoms. The van der Waals surface area contributed by atoms with E-state index in [2.05, 4.69) is 0 Å². The Morgan fingerprint density at radius 1 is 1.16 bits per heavy atom. The summed E-state index contributed by atoms with van der Waals surface area (Å²) in [5.41, 5.74) is 8.55. The predicted molar refractivity (Wildman–Crippen MR) is 83.2 cm³/mol. The average molecular weight is 267 g/mol. The summed E-state index contributed by atoms with van der Waals surface area (Å²) in [4.78, 5) is 0. The van der Waals surface area contributed by atoms with Gasteiger partial charge in [0.1, 0.15) is 5.82 Å².